The van der Waals surface area contributed by atoms with Crippen molar-refractivity contribution in [2.75, 3.05) is 16.8 Å². The summed E-state index contributed by atoms with van der Waals surface area (Å²) in [5.74, 6) is 0.0725. The van der Waals surface area contributed by atoms with E-state index in [-0.39, 0.29) is 18.4 Å². The summed E-state index contributed by atoms with van der Waals surface area (Å²) in [5, 5.41) is 2.79. The normalized spacial score (nSPS) is 14.6. The standard InChI is InChI=1S/C26H22N2O3S2/c1-17-12-13-21(18(2)14-17)28-25(30)23(33-26(28)32)15-19-8-6-7-11-22(19)31-16-24(29)27-20-9-4-3-5-10-20/h3-15H,16H2,1-2H3,(H,27,29)/b23-15-. The average Bonchev–Trinajstić information content (AvgIpc) is 3.07. The number of carbonyl (C=O) groups excluding carboxylic acids is 2. The van der Waals surface area contributed by atoms with Crippen LogP contribution in [0.15, 0.2) is 77.7 Å². The summed E-state index contributed by atoms with van der Waals surface area (Å²) in [4.78, 5) is 27.5. The molecule has 3 aromatic rings. The highest BCUT2D eigenvalue weighted by molar-refractivity contribution is 8.27. The zero-order valence-corrected chi connectivity index (χ0v) is 19.8. The van der Waals surface area contributed by atoms with Gasteiger partial charge in [-0.15, -0.1) is 0 Å². The van der Waals surface area contributed by atoms with Crippen molar-refractivity contribution in [2.24, 2.45) is 0 Å². The van der Waals surface area contributed by atoms with Crippen molar-refractivity contribution in [3.63, 3.8) is 0 Å². The van der Waals surface area contributed by atoms with Crippen LogP contribution in [-0.2, 0) is 9.59 Å². The van der Waals surface area contributed by atoms with Gasteiger partial charge < -0.3 is 10.1 Å². The van der Waals surface area contributed by atoms with Crippen molar-refractivity contribution in [1.29, 1.82) is 0 Å². The van der Waals surface area contributed by atoms with E-state index in [0.717, 1.165) is 16.8 Å². The molecule has 3 aromatic carbocycles. The molecule has 0 radical (unpaired) electrons. The number of para-hydroxylation sites is 2. The van der Waals surface area contributed by atoms with Gasteiger partial charge in [-0.1, -0.05) is 78.1 Å². The van der Waals surface area contributed by atoms with Crippen molar-refractivity contribution < 1.29 is 14.3 Å². The largest absolute Gasteiger partial charge is 0.483 e. The molecule has 1 aliphatic rings. The van der Waals surface area contributed by atoms with Gasteiger partial charge in [0.15, 0.2) is 10.9 Å². The second kappa shape index (κ2) is 10.0. The molecule has 0 atom stereocenters. The lowest BCUT2D eigenvalue weighted by atomic mass is 10.1. The average molecular weight is 475 g/mol. The molecule has 1 aliphatic heterocycles. The Morgan fingerprint density at radius 1 is 1.06 bits per heavy atom. The van der Waals surface area contributed by atoms with Crippen LogP contribution in [0, 0.1) is 13.8 Å². The fraction of sp³-hybridized carbons (Fsp3) is 0.115. The Bertz CT molecular complexity index is 1260. The van der Waals surface area contributed by atoms with E-state index >= 15 is 0 Å². The van der Waals surface area contributed by atoms with Crippen LogP contribution in [-0.4, -0.2) is 22.7 Å². The van der Waals surface area contributed by atoms with Crippen LogP contribution in [0.25, 0.3) is 6.08 Å². The van der Waals surface area contributed by atoms with E-state index in [0.29, 0.717) is 26.2 Å². The Labute approximate surface area is 202 Å². The molecule has 1 heterocycles. The number of thiocarbonyl (C=S) groups is 1. The Kier molecular flexibility index (Phi) is 6.91. The first kappa shape index (κ1) is 22.8. The van der Waals surface area contributed by atoms with Crippen LogP contribution < -0.4 is 15.0 Å². The molecular weight excluding hydrogens is 452 g/mol. The summed E-state index contributed by atoms with van der Waals surface area (Å²) >= 11 is 6.76. The van der Waals surface area contributed by atoms with Gasteiger partial charge in [0.05, 0.1) is 10.6 Å². The predicted molar refractivity (Wildman–Crippen MR) is 139 cm³/mol. The molecule has 1 saturated heterocycles. The van der Waals surface area contributed by atoms with E-state index in [2.05, 4.69) is 5.32 Å². The number of nitrogens with zero attached hydrogens (tertiary/aromatic N) is 1. The summed E-state index contributed by atoms with van der Waals surface area (Å²) in [6.45, 7) is 3.83. The molecule has 1 N–H and O–H groups in total. The minimum Gasteiger partial charge on any atom is -0.483 e. The van der Waals surface area contributed by atoms with Gasteiger partial charge in [-0.3, -0.25) is 14.5 Å². The number of carbonyl (C=O) groups is 2. The maximum atomic E-state index is 13.2. The van der Waals surface area contributed by atoms with E-state index in [1.807, 2.05) is 80.6 Å². The van der Waals surface area contributed by atoms with Crippen LogP contribution >= 0.6 is 24.0 Å². The lowest BCUT2D eigenvalue weighted by molar-refractivity contribution is -0.118. The van der Waals surface area contributed by atoms with Crippen LogP contribution in [0.4, 0.5) is 11.4 Å². The number of nitrogens with one attached hydrogen (secondary N) is 1. The molecular formula is C26H22N2O3S2. The van der Waals surface area contributed by atoms with Crippen molar-refractivity contribution >= 4 is 57.6 Å². The van der Waals surface area contributed by atoms with Crippen molar-refractivity contribution in [1.82, 2.24) is 0 Å². The Hall–Kier alpha value is -3.42. The van der Waals surface area contributed by atoms with Gasteiger partial charge in [0.1, 0.15) is 5.75 Å². The van der Waals surface area contributed by atoms with Gasteiger partial charge in [-0.2, -0.15) is 0 Å². The molecule has 5 nitrogen and oxygen atoms in total. The molecule has 33 heavy (non-hydrogen) atoms. The number of thioether (sulfide) groups is 1. The lowest BCUT2D eigenvalue weighted by Crippen LogP contribution is -2.28. The fourth-order valence-corrected chi connectivity index (χ4v) is 4.74. The highest BCUT2D eigenvalue weighted by atomic mass is 32.2. The number of rotatable bonds is 6. The van der Waals surface area contributed by atoms with Crippen molar-refractivity contribution in [3.8, 4) is 5.75 Å². The van der Waals surface area contributed by atoms with Crippen LogP contribution in [0.3, 0.4) is 0 Å². The molecule has 0 aliphatic carbocycles. The number of hydrogen-bond donors (Lipinski definition) is 1. The van der Waals surface area contributed by atoms with Gasteiger partial charge in [-0.05, 0) is 49.8 Å². The van der Waals surface area contributed by atoms with E-state index in [1.165, 1.54) is 11.8 Å². The number of aryl methyl sites for hydroxylation is 2. The monoisotopic (exact) mass is 474 g/mol. The van der Waals surface area contributed by atoms with E-state index in [9.17, 15) is 9.59 Å². The SMILES string of the molecule is Cc1ccc(N2C(=O)/C(=C/c3ccccc3OCC(=O)Nc3ccccc3)SC2=S)c(C)c1. The highest BCUT2D eigenvalue weighted by Gasteiger charge is 2.34. The number of hydrogen-bond acceptors (Lipinski definition) is 5. The topological polar surface area (TPSA) is 58.6 Å². The van der Waals surface area contributed by atoms with Gasteiger partial charge in [-0.25, -0.2) is 0 Å². The van der Waals surface area contributed by atoms with E-state index < -0.39 is 0 Å². The minimum atomic E-state index is -0.267. The van der Waals surface area contributed by atoms with Gasteiger partial charge in [0, 0.05) is 11.3 Å². The fourth-order valence-electron chi connectivity index (χ4n) is 3.47. The van der Waals surface area contributed by atoms with E-state index in [4.69, 9.17) is 17.0 Å². The quantitative estimate of drug-likeness (QED) is 0.365. The summed E-state index contributed by atoms with van der Waals surface area (Å²) in [5.41, 5.74) is 4.30. The van der Waals surface area contributed by atoms with Gasteiger partial charge >= 0.3 is 0 Å². The minimum absolute atomic E-state index is 0.150. The molecule has 0 saturated carbocycles. The Morgan fingerprint density at radius 2 is 1.79 bits per heavy atom. The number of benzene rings is 3. The number of anilines is 2. The summed E-state index contributed by atoms with van der Waals surface area (Å²) in [7, 11) is 0. The van der Waals surface area contributed by atoms with E-state index in [1.54, 1.807) is 17.0 Å². The third kappa shape index (κ3) is 5.32. The first-order valence-corrected chi connectivity index (χ1v) is 11.6. The smallest absolute Gasteiger partial charge is 0.270 e. The van der Waals surface area contributed by atoms with Crippen LogP contribution in [0.5, 0.6) is 5.75 Å². The second-order valence-corrected chi connectivity index (χ2v) is 9.22. The van der Waals surface area contributed by atoms with Crippen LogP contribution in [0.2, 0.25) is 0 Å². The number of amides is 2. The zero-order chi connectivity index (χ0) is 23.4. The molecule has 0 unspecified atom stereocenters. The zero-order valence-electron chi connectivity index (χ0n) is 18.2. The Balaban J connectivity index is 1.51. The summed E-state index contributed by atoms with van der Waals surface area (Å²) in [6.07, 6.45) is 1.76. The van der Waals surface area contributed by atoms with Gasteiger partial charge in [0.25, 0.3) is 11.8 Å². The molecule has 0 bridgehead atoms. The molecule has 4 rings (SSSR count). The van der Waals surface area contributed by atoms with Gasteiger partial charge in [0.2, 0.25) is 0 Å². The molecule has 166 valence electrons. The summed E-state index contributed by atoms with van der Waals surface area (Å²) < 4.78 is 6.25. The maximum Gasteiger partial charge on any atom is 0.270 e. The lowest BCUT2D eigenvalue weighted by Gasteiger charge is -2.17. The predicted octanol–water partition coefficient (Wildman–Crippen LogP) is 5.73. The number of ether oxygens (including phenoxy) is 1. The first-order valence-electron chi connectivity index (χ1n) is 10.3. The van der Waals surface area contributed by atoms with Crippen molar-refractivity contribution in [3.05, 3.63) is 94.4 Å². The van der Waals surface area contributed by atoms with Crippen LogP contribution in [0.1, 0.15) is 16.7 Å². The van der Waals surface area contributed by atoms with Crippen molar-refractivity contribution in [2.45, 2.75) is 13.8 Å². The second-order valence-electron chi connectivity index (χ2n) is 7.55. The maximum absolute atomic E-state index is 13.2. The molecule has 0 aromatic heterocycles. The summed E-state index contributed by atoms with van der Waals surface area (Å²) in [6, 6.07) is 22.4. The highest BCUT2D eigenvalue weighted by Crippen LogP contribution is 2.38. The molecule has 0 spiro atoms. The molecule has 7 heteroatoms. The molecule has 1 fully saturated rings. The molecule has 2 amide bonds. The third-order valence-electron chi connectivity index (χ3n) is 5.01. The Morgan fingerprint density at radius 3 is 2.55 bits per heavy atom. The third-order valence-corrected chi connectivity index (χ3v) is 6.31. The first-order chi connectivity index (χ1) is 15.9.